The highest BCUT2D eigenvalue weighted by atomic mass is 16.5. The third-order valence-corrected chi connectivity index (χ3v) is 4.13. The van der Waals surface area contributed by atoms with Crippen molar-refractivity contribution in [3.8, 4) is 0 Å². The van der Waals surface area contributed by atoms with Crippen LogP contribution in [0.25, 0.3) is 0 Å². The van der Waals surface area contributed by atoms with E-state index in [1.807, 2.05) is 34.6 Å². The van der Waals surface area contributed by atoms with Gasteiger partial charge in [-0.25, -0.2) is 0 Å². The highest BCUT2D eigenvalue weighted by Crippen LogP contribution is 1.89. The highest BCUT2D eigenvalue weighted by molar-refractivity contribution is 5.77. The molecule has 0 saturated carbocycles. The van der Waals surface area contributed by atoms with Gasteiger partial charge in [-0.3, -0.25) is 9.59 Å². The topological polar surface area (TPSA) is 101 Å². The van der Waals surface area contributed by atoms with Gasteiger partial charge < -0.3 is 30.7 Å². The molecule has 0 spiro atoms. The van der Waals surface area contributed by atoms with Gasteiger partial charge in [0.2, 0.25) is 12.3 Å². The van der Waals surface area contributed by atoms with Crippen LogP contribution >= 0.6 is 0 Å². The molecule has 0 saturated heterocycles. The van der Waals surface area contributed by atoms with E-state index >= 15 is 0 Å². The van der Waals surface area contributed by atoms with Gasteiger partial charge in [0.15, 0.2) is 0 Å². The van der Waals surface area contributed by atoms with Crippen molar-refractivity contribution >= 4 is 12.3 Å². The maximum Gasteiger partial charge on any atom is 0.246 e. The maximum atomic E-state index is 11.2. The smallest absolute Gasteiger partial charge is 0.246 e. The van der Waals surface area contributed by atoms with E-state index in [-0.39, 0.29) is 18.6 Å². The average molecular weight is 507 g/mol. The summed E-state index contributed by atoms with van der Waals surface area (Å²) in [7, 11) is 0. The normalized spacial score (nSPS) is 9.80. The Morgan fingerprint density at radius 1 is 0.857 bits per heavy atom. The zero-order valence-corrected chi connectivity index (χ0v) is 24.8. The highest BCUT2D eigenvalue weighted by Gasteiger charge is 2.02. The summed E-state index contributed by atoms with van der Waals surface area (Å²) >= 11 is 0. The third kappa shape index (κ3) is 54.9. The van der Waals surface area contributed by atoms with E-state index < -0.39 is 0 Å². The molecular formula is C27H62N4O4. The molecule has 0 unspecified atom stereocenters. The van der Waals surface area contributed by atoms with Crippen molar-refractivity contribution in [3.05, 3.63) is 0 Å². The number of nitrogens with one attached hydrogen (secondary N) is 4. The fraction of sp³-hybridized carbons (Fsp3) is 0.926. The first-order chi connectivity index (χ1) is 16.8. The number of carbonyl (C=O) groups excluding carboxylic acids is 2. The Morgan fingerprint density at radius 2 is 1.46 bits per heavy atom. The number of amides is 2. The van der Waals surface area contributed by atoms with Gasteiger partial charge in [0, 0.05) is 32.3 Å². The SMILES string of the molecule is CC.CC(C)NCCCCNC(=O)COC(C)C.CCCCOCC.CCNCCCCNC=O. The van der Waals surface area contributed by atoms with Crippen LogP contribution in [0.1, 0.15) is 101 Å². The molecule has 8 heteroatoms. The molecule has 0 aromatic heterocycles. The molecule has 0 rings (SSSR count). The maximum absolute atomic E-state index is 11.2. The Bertz CT molecular complexity index is 380. The second-order valence-electron chi connectivity index (χ2n) is 8.21. The van der Waals surface area contributed by atoms with E-state index in [4.69, 9.17) is 9.47 Å². The largest absolute Gasteiger partial charge is 0.382 e. The molecule has 0 aliphatic carbocycles. The zero-order chi connectivity index (χ0) is 27.6. The monoisotopic (exact) mass is 506 g/mol. The second-order valence-corrected chi connectivity index (χ2v) is 8.21. The molecule has 0 radical (unpaired) electrons. The quantitative estimate of drug-likeness (QED) is 0.145. The first-order valence-electron chi connectivity index (χ1n) is 13.9. The van der Waals surface area contributed by atoms with Crippen molar-refractivity contribution in [1.29, 1.82) is 0 Å². The predicted octanol–water partition coefficient (Wildman–Crippen LogP) is 4.28. The number of hydrogen-bond donors (Lipinski definition) is 4. The van der Waals surface area contributed by atoms with E-state index in [9.17, 15) is 9.59 Å². The van der Waals surface area contributed by atoms with Crippen molar-refractivity contribution in [3.63, 3.8) is 0 Å². The van der Waals surface area contributed by atoms with Crippen LogP contribution in [0.15, 0.2) is 0 Å². The fourth-order valence-corrected chi connectivity index (χ4v) is 2.27. The van der Waals surface area contributed by atoms with E-state index in [1.165, 1.54) is 12.8 Å². The minimum Gasteiger partial charge on any atom is -0.382 e. The lowest BCUT2D eigenvalue weighted by Gasteiger charge is -2.09. The van der Waals surface area contributed by atoms with E-state index in [0.717, 1.165) is 78.0 Å². The summed E-state index contributed by atoms with van der Waals surface area (Å²) in [4.78, 5) is 21.0. The van der Waals surface area contributed by atoms with Gasteiger partial charge in [-0.1, -0.05) is 48.0 Å². The standard InChI is InChI=1S/C12H26N2O2.C7H16N2O.C6H14O.C2H6/c1-10(2)13-7-5-6-8-14-12(15)9-16-11(3)4;1-2-8-5-3-4-6-9-7-10;1-3-5-6-7-4-2;1-2/h10-11,13H,5-9H2,1-4H3,(H,14,15);7-8H,2-6H2,1H3,(H,9,10);3-6H2,1-2H3;1-2H3. The van der Waals surface area contributed by atoms with Crippen LogP contribution < -0.4 is 21.3 Å². The number of rotatable bonds is 20. The summed E-state index contributed by atoms with van der Waals surface area (Å²) in [6.07, 6.45) is 7.58. The Hall–Kier alpha value is -1.22. The molecule has 0 bridgehead atoms. The summed E-state index contributed by atoms with van der Waals surface area (Å²) in [5, 5.41) is 12.0. The van der Waals surface area contributed by atoms with E-state index in [1.54, 1.807) is 0 Å². The molecule has 214 valence electrons. The van der Waals surface area contributed by atoms with Gasteiger partial charge in [0.05, 0.1) is 6.10 Å². The lowest BCUT2D eigenvalue weighted by Crippen LogP contribution is -2.30. The lowest BCUT2D eigenvalue weighted by atomic mass is 10.3. The molecule has 4 N–H and O–H groups in total. The van der Waals surface area contributed by atoms with Gasteiger partial charge in [-0.15, -0.1) is 0 Å². The van der Waals surface area contributed by atoms with Crippen molar-refractivity contribution in [1.82, 2.24) is 21.3 Å². The van der Waals surface area contributed by atoms with Gasteiger partial charge in [0.1, 0.15) is 6.61 Å². The predicted molar refractivity (Wildman–Crippen MR) is 151 cm³/mol. The number of ether oxygens (including phenoxy) is 2. The van der Waals surface area contributed by atoms with Gasteiger partial charge in [-0.05, 0) is 72.5 Å². The van der Waals surface area contributed by atoms with Crippen LogP contribution in [0.3, 0.4) is 0 Å². The summed E-state index contributed by atoms with van der Waals surface area (Å²) in [5.41, 5.74) is 0. The Balaban J connectivity index is -0.000000216. The summed E-state index contributed by atoms with van der Waals surface area (Å²) in [6, 6.07) is 0.536. The fourth-order valence-electron chi connectivity index (χ4n) is 2.27. The molecule has 0 fully saturated rings. The van der Waals surface area contributed by atoms with Gasteiger partial charge >= 0.3 is 0 Å². The van der Waals surface area contributed by atoms with Crippen molar-refractivity contribution in [2.75, 3.05) is 52.5 Å². The Labute approximate surface area is 218 Å². The Kier molecular flexibility index (Phi) is 46.7. The third-order valence-electron chi connectivity index (χ3n) is 4.13. The average Bonchev–Trinajstić information content (AvgIpc) is 2.84. The van der Waals surface area contributed by atoms with Crippen LogP contribution in [0.4, 0.5) is 0 Å². The molecule has 0 aromatic carbocycles. The molecule has 35 heavy (non-hydrogen) atoms. The van der Waals surface area contributed by atoms with Gasteiger partial charge in [-0.2, -0.15) is 0 Å². The van der Waals surface area contributed by atoms with Crippen molar-refractivity contribution in [2.24, 2.45) is 0 Å². The van der Waals surface area contributed by atoms with E-state index in [0.29, 0.717) is 6.04 Å². The minimum absolute atomic E-state index is 0.0227. The molecule has 0 aromatic rings. The summed E-state index contributed by atoms with van der Waals surface area (Å²) in [6.45, 7) is 25.0. The molecular weight excluding hydrogens is 444 g/mol. The van der Waals surface area contributed by atoms with Crippen LogP contribution in [0.5, 0.6) is 0 Å². The van der Waals surface area contributed by atoms with Crippen LogP contribution in [-0.2, 0) is 19.1 Å². The zero-order valence-electron chi connectivity index (χ0n) is 24.8. The molecule has 0 heterocycles. The first-order valence-corrected chi connectivity index (χ1v) is 13.9. The minimum atomic E-state index is -0.0227. The lowest BCUT2D eigenvalue weighted by molar-refractivity contribution is -0.127. The van der Waals surface area contributed by atoms with Crippen LogP contribution in [-0.4, -0.2) is 77.0 Å². The van der Waals surface area contributed by atoms with Crippen LogP contribution in [0.2, 0.25) is 0 Å². The van der Waals surface area contributed by atoms with Crippen LogP contribution in [0, 0.1) is 0 Å². The first kappa shape index (κ1) is 40.9. The number of unbranched alkanes of at least 4 members (excludes halogenated alkanes) is 3. The number of hydrogen-bond acceptors (Lipinski definition) is 6. The summed E-state index contributed by atoms with van der Waals surface area (Å²) < 4.78 is 10.3. The Morgan fingerprint density at radius 3 is 1.97 bits per heavy atom. The van der Waals surface area contributed by atoms with Crippen molar-refractivity contribution in [2.45, 2.75) is 113 Å². The molecule has 0 aliphatic heterocycles. The molecule has 0 atom stereocenters. The number of carbonyl (C=O) groups is 2. The summed E-state index contributed by atoms with van der Waals surface area (Å²) in [5.74, 6) is -0.0227. The van der Waals surface area contributed by atoms with Gasteiger partial charge in [0.25, 0.3) is 0 Å². The molecule has 0 aliphatic rings. The van der Waals surface area contributed by atoms with E-state index in [2.05, 4.69) is 49.0 Å². The van der Waals surface area contributed by atoms with Crippen molar-refractivity contribution < 1.29 is 19.1 Å². The molecule has 8 nitrogen and oxygen atoms in total. The second kappa shape index (κ2) is 40.0. The molecule has 2 amide bonds.